The number of anilines is 1. The molecule has 0 aromatic carbocycles. The summed E-state index contributed by atoms with van der Waals surface area (Å²) in [5, 5.41) is 9.24. The molecule has 3 rings (SSSR count). The van der Waals surface area contributed by atoms with E-state index in [-0.39, 0.29) is 18.3 Å². The Bertz CT molecular complexity index is 535. The van der Waals surface area contributed by atoms with Crippen LogP contribution in [0.5, 0.6) is 0 Å². The Morgan fingerprint density at radius 2 is 1.95 bits per heavy atom. The van der Waals surface area contributed by atoms with Gasteiger partial charge in [0.1, 0.15) is 5.82 Å². The molecule has 2 aliphatic rings. The van der Waals surface area contributed by atoms with Gasteiger partial charge in [-0.25, -0.2) is 4.98 Å². The summed E-state index contributed by atoms with van der Waals surface area (Å²) in [6, 6.07) is 2.37. The van der Waals surface area contributed by atoms with Gasteiger partial charge in [-0.05, 0) is 18.9 Å². The molecule has 1 amide bonds. The van der Waals surface area contributed by atoms with Crippen LogP contribution in [-0.4, -0.2) is 58.0 Å². The van der Waals surface area contributed by atoms with Crippen molar-refractivity contribution in [3.8, 4) is 0 Å². The van der Waals surface area contributed by atoms with Gasteiger partial charge in [-0.3, -0.25) is 9.69 Å². The normalized spacial score (nSPS) is 20.5. The number of hydrogen-bond donors (Lipinski definition) is 2. The summed E-state index contributed by atoms with van der Waals surface area (Å²) in [7, 11) is 0. The molecule has 6 nitrogen and oxygen atoms in total. The van der Waals surface area contributed by atoms with Crippen molar-refractivity contribution in [1.29, 1.82) is 0 Å². The molecule has 0 atom stereocenters. The number of carbonyl (C=O) groups excluding carboxylic acids is 1. The van der Waals surface area contributed by atoms with Gasteiger partial charge in [-0.2, -0.15) is 0 Å². The summed E-state index contributed by atoms with van der Waals surface area (Å²) in [4.78, 5) is 21.0. The highest BCUT2D eigenvalue weighted by molar-refractivity contribution is 5.94. The van der Waals surface area contributed by atoms with E-state index in [1.54, 1.807) is 6.07 Å². The third-order valence-electron chi connectivity index (χ3n) is 4.86. The minimum absolute atomic E-state index is 0.0201. The third kappa shape index (κ3) is 3.08. The maximum absolute atomic E-state index is 12.6. The Hall–Kier alpha value is -1.66. The van der Waals surface area contributed by atoms with Crippen LogP contribution in [0.25, 0.3) is 0 Å². The highest BCUT2D eigenvalue weighted by atomic mass is 16.3. The number of rotatable bonds is 3. The van der Waals surface area contributed by atoms with Crippen LogP contribution in [0.4, 0.5) is 5.82 Å². The molecule has 3 N–H and O–H groups in total. The standard InChI is InChI=1S/C16H24N4O2/c17-15-13(11-21)9-12(10-18-15)16(22)20-7-5-19(6-8-20)14-3-1-2-4-14/h9-10,14,21H,1-8,11H2,(H2,17,18). The van der Waals surface area contributed by atoms with Crippen LogP contribution >= 0.6 is 0 Å². The van der Waals surface area contributed by atoms with E-state index in [1.165, 1.54) is 31.9 Å². The predicted molar refractivity (Wildman–Crippen MR) is 84.3 cm³/mol. The second-order valence-corrected chi connectivity index (χ2v) is 6.19. The van der Waals surface area contributed by atoms with Gasteiger partial charge in [-0.15, -0.1) is 0 Å². The van der Waals surface area contributed by atoms with Crippen molar-refractivity contribution >= 4 is 11.7 Å². The Morgan fingerprint density at radius 1 is 1.27 bits per heavy atom. The molecule has 0 spiro atoms. The molecule has 0 radical (unpaired) electrons. The third-order valence-corrected chi connectivity index (χ3v) is 4.86. The number of pyridine rings is 1. The van der Waals surface area contributed by atoms with E-state index >= 15 is 0 Å². The topological polar surface area (TPSA) is 82.7 Å². The Balaban J connectivity index is 1.62. The van der Waals surface area contributed by atoms with E-state index in [9.17, 15) is 9.90 Å². The molecular weight excluding hydrogens is 280 g/mol. The molecule has 1 aliphatic carbocycles. The lowest BCUT2D eigenvalue weighted by Crippen LogP contribution is -2.51. The fourth-order valence-electron chi connectivity index (χ4n) is 3.51. The van der Waals surface area contributed by atoms with Gasteiger partial charge in [0.2, 0.25) is 0 Å². The maximum atomic E-state index is 12.6. The lowest BCUT2D eigenvalue weighted by molar-refractivity contribution is 0.0573. The van der Waals surface area contributed by atoms with Crippen molar-refractivity contribution in [2.45, 2.75) is 38.3 Å². The summed E-state index contributed by atoms with van der Waals surface area (Å²) in [6.07, 6.45) is 6.78. The fourth-order valence-corrected chi connectivity index (χ4v) is 3.51. The first-order valence-electron chi connectivity index (χ1n) is 8.07. The average Bonchev–Trinajstić information content (AvgIpc) is 3.09. The zero-order valence-corrected chi connectivity index (χ0v) is 12.9. The van der Waals surface area contributed by atoms with Crippen molar-refractivity contribution in [2.24, 2.45) is 0 Å². The summed E-state index contributed by atoms with van der Waals surface area (Å²) in [5.41, 5.74) is 6.68. The number of carbonyl (C=O) groups is 1. The summed E-state index contributed by atoms with van der Waals surface area (Å²) < 4.78 is 0. The molecule has 2 heterocycles. The van der Waals surface area contributed by atoms with Crippen LogP contribution in [0.3, 0.4) is 0 Å². The largest absolute Gasteiger partial charge is 0.392 e. The summed E-state index contributed by atoms with van der Waals surface area (Å²) in [6.45, 7) is 3.22. The van der Waals surface area contributed by atoms with E-state index in [4.69, 9.17) is 5.73 Å². The van der Waals surface area contributed by atoms with E-state index in [2.05, 4.69) is 9.88 Å². The first-order valence-corrected chi connectivity index (χ1v) is 8.07. The molecule has 120 valence electrons. The number of nitrogens with two attached hydrogens (primary N) is 1. The zero-order chi connectivity index (χ0) is 15.5. The molecule has 1 aliphatic heterocycles. The number of amides is 1. The van der Waals surface area contributed by atoms with Gasteiger partial charge in [0, 0.05) is 44.0 Å². The number of nitrogens with zero attached hydrogens (tertiary/aromatic N) is 3. The van der Waals surface area contributed by atoms with Gasteiger partial charge in [0.15, 0.2) is 0 Å². The Morgan fingerprint density at radius 3 is 2.59 bits per heavy atom. The van der Waals surface area contributed by atoms with Crippen LogP contribution in [-0.2, 0) is 6.61 Å². The zero-order valence-electron chi connectivity index (χ0n) is 12.9. The van der Waals surface area contributed by atoms with Crippen LogP contribution in [0.1, 0.15) is 41.6 Å². The van der Waals surface area contributed by atoms with Crippen molar-refractivity contribution in [2.75, 3.05) is 31.9 Å². The number of aromatic nitrogens is 1. The summed E-state index contributed by atoms with van der Waals surface area (Å²) >= 11 is 0. The first kappa shape index (κ1) is 15.2. The smallest absolute Gasteiger partial charge is 0.255 e. The number of aliphatic hydroxyl groups is 1. The quantitative estimate of drug-likeness (QED) is 0.865. The first-order chi connectivity index (χ1) is 10.7. The van der Waals surface area contributed by atoms with E-state index in [1.807, 2.05) is 4.90 Å². The molecule has 0 bridgehead atoms. The molecule has 1 saturated heterocycles. The summed E-state index contributed by atoms with van der Waals surface area (Å²) in [5.74, 6) is 0.262. The van der Waals surface area contributed by atoms with Crippen molar-refractivity contribution < 1.29 is 9.90 Å². The molecular formula is C16H24N4O2. The van der Waals surface area contributed by atoms with Crippen molar-refractivity contribution in [3.63, 3.8) is 0 Å². The van der Waals surface area contributed by atoms with Gasteiger partial charge in [-0.1, -0.05) is 12.8 Å². The second-order valence-electron chi connectivity index (χ2n) is 6.19. The number of aliphatic hydroxyl groups excluding tert-OH is 1. The van der Waals surface area contributed by atoms with Gasteiger partial charge >= 0.3 is 0 Å². The van der Waals surface area contributed by atoms with Crippen LogP contribution in [0.2, 0.25) is 0 Å². The lowest BCUT2D eigenvalue weighted by atomic mass is 10.1. The molecule has 1 aromatic rings. The second kappa shape index (κ2) is 6.62. The van der Waals surface area contributed by atoms with Crippen LogP contribution in [0.15, 0.2) is 12.3 Å². The maximum Gasteiger partial charge on any atom is 0.255 e. The van der Waals surface area contributed by atoms with E-state index in [0.29, 0.717) is 11.1 Å². The molecule has 2 fully saturated rings. The van der Waals surface area contributed by atoms with Gasteiger partial charge in [0.05, 0.1) is 12.2 Å². The molecule has 22 heavy (non-hydrogen) atoms. The highest BCUT2D eigenvalue weighted by Gasteiger charge is 2.28. The van der Waals surface area contributed by atoms with Crippen molar-refractivity contribution in [1.82, 2.24) is 14.8 Å². The average molecular weight is 304 g/mol. The van der Waals surface area contributed by atoms with Crippen LogP contribution < -0.4 is 5.73 Å². The highest BCUT2D eigenvalue weighted by Crippen LogP contribution is 2.24. The molecule has 1 saturated carbocycles. The number of piperazine rings is 1. The number of hydrogen-bond acceptors (Lipinski definition) is 5. The van der Waals surface area contributed by atoms with Crippen LogP contribution in [0, 0.1) is 0 Å². The molecule has 0 unspecified atom stereocenters. The van der Waals surface area contributed by atoms with E-state index < -0.39 is 0 Å². The van der Waals surface area contributed by atoms with Gasteiger partial charge < -0.3 is 15.7 Å². The Labute approximate surface area is 130 Å². The Kier molecular flexibility index (Phi) is 4.59. The monoisotopic (exact) mass is 304 g/mol. The van der Waals surface area contributed by atoms with E-state index in [0.717, 1.165) is 32.2 Å². The number of nitrogen functional groups attached to an aromatic ring is 1. The molecule has 6 heteroatoms. The van der Waals surface area contributed by atoms with Gasteiger partial charge in [0.25, 0.3) is 5.91 Å². The minimum atomic E-state index is -0.199. The fraction of sp³-hybridized carbons (Fsp3) is 0.625. The van der Waals surface area contributed by atoms with Crippen molar-refractivity contribution in [3.05, 3.63) is 23.4 Å². The minimum Gasteiger partial charge on any atom is -0.392 e. The lowest BCUT2D eigenvalue weighted by Gasteiger charge is -2.38. The predicted octanol–water partition coefficient (Wildman–Crippen LogP) is 0.856. The molecule has 1 aromatic heterocycles. The SMILES string of the molecule is Nc1ncc(C(=O)N2CCN(C3CCCC3)CC2)cc1CO.